The number of carbonyl (C=O) groups is 1. The number of rotatable bonds is 8. The summed E-state index contributed by atoms with van der Waals surface area (Å²) in [4.78, 5) is 23.4. The molecule has 0 aliphatic rings. The highest BCUT2D eigenvalue weighted by molar-refractivity contribution is 5.76. The number of aromatic nitrogens is 3. The van der Waals surface area contributed by atoms with Crippen LogP contribution in [0.5, 0.6) is 6.01 Å². The summed E-state index contributed by atoms with van der Waals surface area (Å²) in [5.74, 6) is 5.74. The topological polar surface area (TPSA) is 127 Å². The molecule has 0 bridgehead atoms. The van der Waals surface area contributed by atoms with Crippen LogP contribution >= 0.6 is 0 Å². The van der Waals surface area contributed by atoms with Gasteiger partial charge in [-0.1, -0.05) is 0 Å². The molecule has 0 saturated carbocycles. The molecule has 9 nitrogen and oxygen atoms in total. The second-order valence-electron chi connectivity index (χ2n) is 4.21. The summed E-state index contributed by atoms with van der Waals surface area (Å²) < 4.78 is 5.39. The van der Waals surface area contributed by atoms with Gasteiger partial charge in [0, 0.05) is 19.5 Å². The van der Waals surface area contributed by atoms with Gasteiger partial charge >= 0.3 is 6.01 Å². The van der Waals surface area contributed by atoms with Gasteiger partial charge in [0.2, 0.25) is 17.8 Å². The fourth-order valence-corrected chi connectivity index (χ4v) is 1.34. The summed E-state index contributed by atoms with van der Waals surface area (Å²) in [5.41, 5.74) is 2.34. The fourth-order valence-electron chi connectivity index (χ4n) is 1.34. The third kappa shape index (κ3) is 5.65. The lowest BCUT2D eigenvalue weighted by Gasteiger charge is -2.11. The van der Waals surface area contributed by atoms with Crippen molar-refractivity contribution >= 4 is 17.8 Å². The van der Waals surface area contributed by atoms with Gasteiger partial charge in [-0.25, -0.2) is 5.84 Å². The lowest BCUT2D eigenvalue weighted by Crippen LogP contribution is -2.25. The van der Waals surface area contributed by atoms with E-state index in [1.807, 2.05) is 20.8 Å². The summed E-state index contributed by atoms with van der Waals surface area (Å²) in [5, 5.41) is 5.63. The standard InChI is InChI=1S/C11H21N7O2/c1-4-13-8(19)5-6-14-9-15-10(18-12)17-11(16-9)20-7(2)3/h7H,4-6,12H2,1-3H3,(H,13,19)(H2,14,15,16,17,18). The molecule has 1 amide bonds. The Morgan fingerprint density at radius 2 is 2.00 bits per heavy atom. The molecule has 0 aromatic carbocycles. The number of nitrogen functional groups attached to an aromatic ring is 1. The highest BCUT2D eigenvalue weighted by Crippen LogP contribution is 2.11. The minimum atomic E-state index is -0.0637. The summed E-state index contributed by atoms with van der Waals surface area (Å²) in [6.45, 7) is 6.61. The van der Waals surface area contributed by atoms with Crippen LogP contribution in [0.25, 0.3) is 0 Å². The summed E-state index contributed by atoms with van der Waals surface area (Å²) in [6, 6.07) is 0.170. The zero-order valence-corrected chi connectivity index (χ0v) is 11.9. The van der Waals surface area contributed by atoms with Crippen LogP contribution < -0.4 is 26.6 Å². The molecule has 0 saturated heterocycles. The Morgan fingerprint density at radius 3 is 2.60 bits per heavy atom. The molecule has 20 heavy (non-hydrogen) atoms. The predicted molar refractivity (Wildman–Crippen MR) is 75.2 cm³/mol. The average Bonchev–Trinajstić information content (AvgIpc) is 2.38. The van der Waals surface area contributed by atoms with Crippen LogP contribution in [0.15, 0.2) is 0 Å². The number of carbonyl (C=O) groups excluding carboxylic acids is 1. The van der Waals surface area contributed by atoms with Crippen molar-refractivity contribution in [3.63, 3.8) is 0 Å². The van der Waals surface area contributed by atoms with Crippen molar-refractivity contribution in [1.29, 1.82) is 0 Å². The van der Waals surface area contributed by atoms with Crippen LogP contribution in [0, 0.1) is 0 Å². The highest BCUT2D eigenvalue weighted by atomic mass is 16.5. The Morgan fingerprint density at radius 1 is 1.30 bits per heavy atom. The van der Waals surface area contributed by atoms with Crippen LogP contribution in [0.3, 0.4) is 0 Å². The average molecular weight is 283 g/mol. The molecular weight excluding hydrogens is 262 g/mol. The SMILES string of the molecule is CCNC(=O)CCNc1nc(NN)nc(OC(C)C)n1. The fraction of sp³-hybridized carbons (Fsp3) is 0.636. The van der Waals surface area contributed by atoms with Gasteiger partial charge < -0.3 is 15.4 Å². The largest absolute Gasteiger partial charge is 0.461 e. The Bertz CT molecular complexity index is 439. The van der Waals surface area contributed by atoms with Gasteiger partial charge in [-0.15, -0.1) is 0 Å². The third-order valence-electron chi connectivity index (χ3n) is 2.09. The molecule has 9 heteroatoms. The lowest BCUT2D eigenvalue weighted by atomic mass is 10.4. The maximum Gasteiger partial charge on any atom is 0.323 e. The van der Waals surface area contributed by atoms with Crippen LogP contribution in [0.2, 0.25) is 0 Å². The molecule has 1 aromatic rings. The first-order chi connectivity index (χ1) is 9.55. The molecule has 1 aromatic heterocycles. The maximum absolute atomic E-state index is 11.3. The van der Waals surface area contributed by atoms with Gasteiger partial charge in [0.1, 0.15) is 0 Å². The molecule has 0 radical (unpaired) electrons. The molecule has 0 unspecified atom stereocenters. The number of hydrogen-bond acceptors (Lipinski definition) is 8. The number of anilines is 2. The molecule has 0 fully saturated rings. The predicted octanol–water partition coefficient (Wildman–Crippen LogP) is -0.117. The van der Waals surface area contributed by atoms with E-state index in [1.165, 1.54) is 0 Å². The number of hydrazine groups is 1. The van der Waals surface area contributed by atoms with Gasteiger partial charge in [0.25, 0.3) is 0 Å². The van der Waals surface area contributed by atoms with Crippen molar-refractivity contribution in [2.75, 3.05) is 23.8 Å². The van der Waals surface area contributed by atoms with Crippen LogP contribution in [-0.2, 0) is 4.79 Å². The smallest absolute Gasteiger partial charge is 0.323 e. The monoisotopic (exact) mass is 283 g/mol. The van der Waals surface area contributed by atoms with Crippen molar-refractivity contribution in [2.45, 2.75) is 33.3 Å². The molecular formula is C11H21N7O2. The second-order valence-corrected chi connectivity index (χ2v) is 4.21. The van der Waals surface area contributed by atoms with Crippen molar-refractivity contribution in [2.24, 2.45) is 5.84 Å². The zero-order chi connectivity index (χ0) is 15.0. The Labute approximate surface area is 117 Å². The van der Waals surface area contributed by atoms with Gasteiger partial charge in [-0.05, 0) is 20.8 Å². The summed E-state index contributed by atoms with van der Waals surface area (Å²) in [7, 11) is 0. The number of amides is 1. The van der Waals surface area contributed by atoms with E-state index in [1.54, 1.807) is 0 Å². The maximum atomic E-state index is 11.3. The third-order valence-corrected chi connectivity index (χ3v) is 2.09. The molecule has 0 aliphatic heterocycles. The van der Waals surface area contributed by atoms with Crippen molar-refractivity contribution in [1.82, 2.24) is 20.3 Å². The summed E-state index contributed by atoms with van der Waals surface area (Å²) >= 11 is 0. The minimum absolute atomic E-state index is 0.0371. The first-order valence-corrected chi connectivity index (χ1v) is 6.45. The number of nitrogens with zero attached hydrogens (tertiary/aromatic N) is 3. The van der Waals surface area contributed by atoms with E-state index in [2.05, 4.69) is 31.0 Å². The molecule has 0 aliphatic carbocycles. The van der Waals surface area contributed by atoms with Gasteiger partial charge in [0.05, 0.1) is 6.10 Å². The van der Waals surface area contributed by atoms with E-state index in [4.69, 9.17) is 10.6 Å². The molecule has 112 valence electrons. The summed E-state index contributed by atoms with van der Waals surface area (Å²) in [6.07, 6.45) is 0.261. The first kappa shape index (κ1) is 15.9. The van der Waals surface area contributed by atoms with E-state index in [0.717, 1.165) is 0 Å². The van der Waals surface area contributed by atoms with Crippen molar-refractivity contribution in [3.8, 4) is 6.01 Å². The van der Waals surface area contributed by atoms with E-state index in [9.17, 15) is 4.79 Å². The molecule has 1 rings (SSSR count). The van der Waals surface area contributed by atoms with Crippen LogP contribution in [0.4, 0.5) is 11.9 Å². The van der Waals surface area contributed by atoms with Crippen molar-refractivity contribution in [3.05, 3.63) is 0 Å². The number of hydrogen-bond donors (Lipinski definition) is 4. The van der Waals surface area contributed by atoms with Gasteiger partial charge in [-0.2, -0.15) is 15.0 Å². The van der Waals surface area contributed by atoms with Gasteiger partial charge in [0.15, 0.2) is 0 Å². The lowest BCUT2D eigenvalue weighted by molar-refractivity contribution is -0.120. The second kappa shape index (κ2) is 8.10. The number of nitrogens with two attached hydrogens (primary N) is 1. The van der Waals surface area contributed by atoms with E-state index in [0.29, 0.717) is 25.5 Å². The highest BCUT2D eigenvalue weighted by Gasteiger charge is 2.08. The zero-order valence-electron chi connectivity index (χ0n) is 11.9. The molecule has 0 atom stereocenters. The van der Waals surface area contributed by atoms with E-state index >= 15 is 0 Å². The number of nitrogens with one attached hydrogen (secondary N) is 3. The van der Waals surface area contributed by atoms with E-state index in [-0.39, 0.29) is 24.0 Å². The van der Waals surface area contributed by atoms with Crippen LogP contribution in [-0.4, -0.2) is 40.1 Å². The Hall–Kier alpha value is -2.16. The Balaban J connectivity index is 2.61. The molecule has 1 heterocycles. The molecule has 5 N–H and O–H groups in total. The van der Waals surface area contributed by atoms with Gasteiger partial charge in [-0.3, -0.25) is 10.2 Å². The minimum Gasteiger partial charge on any atom is -0.461 e. The first-order valence-electron chi connectivity index (χ1n) is 6.45. The number of ether oxygens (including phenoxy) is 1. The molecule has 0 spiro atoms. The Kier molecular flexibility index (Phi) is 6.44. The normalized spacial score (nSPS) is 10.2. The van der Waals surface area contributed by atoms with Crippen molar-refractivity contribution < 1.29 is 9.53 Å². The van der Waals surface area contributed by atoms with Crippen LogP contribution in [0.1, 0.15) is 27.2 Å². The van der Waals surface area contributed by atoms with E-state index < -0.39 is 0 Å². The quantitative estimate of drug-likeness (QED) is 0.384.